The highest BCUT2D eigenvalue weighted by Crippen LogP contribution is 2.41. The molecule has 1 aliphatic carbocycles. The molecule has 1 saturated heterocycles. The maximum atomic E-state index is 12.3. The summed E-state index contributed by atoms with van der Waals surface area (Å²) in [6.07, 6.45) is 3.97. The number of ether oxygens (including phenoxy) is 1. The van der Waals surface area contributed by atoms with E-state index in [-0.39, 0.29) is 24.5 Å². The standard InChI is InChI=1S/C17H23N3O4/c1-19-7-3-4-14(19)16(22)17(23)18-13-9-20(15(21)10-24-2)8-12(13)11-5-6-11/h3-4,7,11-13H,5-6,8-10H2,1-2H3,(H,18,23)/t12-,13+/m1/s1. The second kappa shape index (κ2) is 6.76. The average Bonchev–Trinajstić information content (AvgIpc) is 3.17. The molecule has 0 spiro atoms. The Hall–Kier alpha value is -2.15. The molecule has 2 heterocycles. The normalized spacial score (nSPS) is 23.3. The van der Waals surface area contributed by atoms with Gasteiger partial charge < -0.3 is 19.5 Å². The maximum Gasteiger partial charge on any atom is 0.294 e. The highest BCUT2D eigenvalue weighted by Gasteiger charge is 2.44. The number of amides is 2. The minimum atomic E-state index is -0.603. The van der Waals surface area contributed by atoms with Gasteiger partial charge >= 0.3 is 0 Å². The van der Waals surface area contributed by atoms with Gasteiger partial charge in [-0.3, -0.25) is 14.4 Å². The largest absolute Gasteiger partial charge is 0.375 e. The first-order valence-corrected chi connectivity index (χ1v) is 8.24. The van der Waals surface area contributed by atoms with Crippen molar-refractivity contribution in [2.75, 3.05) is 26.8 Å². The summed E-state index contributed by atoms with van der Waals surface area (Å²) in [5, 5.41) is 2.86. The molecule has 1 aromatic heterocycles. The van der Waals surface area contributed by atoms with Crippen LogP contribution in [0, 0.1) is 11.8 Å². The third kappa shape index (κ3) is 3.36. The first kappa shape index (κ1) is 16.7. The number of aromatic nitrogens is 1. The first-order chi connectivity index (χ1) is 11.5. The van der Waals surface area contributed by atoms with Gasteiger partial charge in [-0.15, -0.1) is 0 Å². The summed E-state index contributed by atoms with van der Waals surface area (Å²) in [6.45, 7) is 1.10. The van der Waals surface area contributed by atoms with Gasteiger partial charge in [0, 0.05) is 39.4 Å². The van der Waals surface area contributed by atoms with Gasteiger partial charge in [0.2, 0.25) is 5.91 Å². The molecule has 2 fully saturated rings. The van der Waals surface area contributed by atoms with Crippen LogP contribution in [0.3, 0.4) is 0 Å². The van der Waals surface area contributed by atoms with Crippen LogP contribution in [0.2, 0.25) is 0 Å². The van der Waals surface area contributed by atoms with Gasteiger partial charge in [-0.05, 0) is 30.9 Å². The molecule has 2 atom stereocenters. The lowest BCUT2D eigenvalue weighted by Crippen LogP contribution is -2.45. The van der Waals surface area contributed by atoms with E-state index in [0.29, 0.717) is 24.7 Å². The average molecular weight is 333 g/mol. The fourth-order valence-corrected chi connectivity index (χ4v) is 3.45. The molecule has 130 valence electrons. The number of nitrogens with zero attached hydrogens (tertiary/aromatic N) is 2. The SMILES string of the molecule is COCC(=O)N1C[C@H](NC(=O)C(=O)c2cccn2C)[C@@H](C2CC2)C1. The van der Waals surface area contributed by atoms with Crippen LogP contribution in [0.15, 0.2) is 18.3 Å². The number of hydrogen-bond donors (Lipinski definition) is 1. The molecule has 7 heteroatoms. The van der Waals surface area contributed by atoms with Gasteiger partial charge in [0.1, 0.15) is 6.61 Å². The predicted molar refractivity (Wildman–Crippen MR) is 86.3 cm³/mol. The van der Waals surface area contributed by atoms with E-state index in [2.05, 4.69) is 5.32 Å². The fraction of sp³-hybridized carbons (Fsp3) is 0.588. The van der Waals surface area contributed by atoms with Crippen molar-refractivity contribution in [2.24, 2.45) is 18.9 Å². The highest BCUT2D eigenvalue weighted by molar-refractivity contribution is 6.42. The van der Waals surface area contributed by atoms with E-state index in [1.54, 1.807) is 34.8 Å². The quantitative estimate of drug-likeness (QED) is 0.596. The van der Waals surface area contributed by atoms with Crippen molar-refractivity contribution >= 4 is 17.6 Å². The number of likely N-dealkylation sites (tertiary alicyclic amines) is 1. The van der Waals surface area contributed by atoms with Crippen molar-refractivity contribution in [3.05, 3.63) is 24.0 Å². The van der Waals surface area contributed by atoms with Crippen molar-refractivity contribution in [1.29, 1.82) is 0 Å². The van der Waals surface area contributed by atoms with E-state index >= 15 is 0 Å². The van der Waals surface area contributed by atoms with Gasteiger partial charge in [-0.2, -0.15) is 0 Å². The number of aryl methyl sites for hydroxylation is 1. The Morgan fingerprint density at radius 3 is 2.62 bits per heavy atom. The molecule has 3 rings (SSSR count). The van der Waals surface area contributed by atoms with Gasteiger partial charge in [-0.25, -0.2) is 0 Å². The van der Waals surface area contributed by atoms with Gasteiger partial charge in [0.25, 0.3) is 11.7 Å². The Morgan fingerprint density at radius 2 is 2.04 bits per heavy atom. The molecule has 24 heavy (non-hydrogen) atoms. The minimum absolute atomic E-state index is 0.0420. The van der Waals surface area contributed by atoms with E-state index < -0.39 is 11.7 Å². The lowest BCUT2D eigenvalue weighted by molar-refractivity contribution is -0.134. The number of Topliss-reactive ketones (excluding diaryl/α,β-unsaturated/α-hetero) is 1. The van der Waals surface area contributed by atoms with Crippen molar-refractivity contribution in [3.63, 3.8) is 0 Å². The van der Waals surface area contributed by atoms with Crippen LogP contribution in [-0.4, -0.2) is 59.9 Å². The number of methoxy groups -OCH3 is 1. The van der Waals surface area contributed by atoms with Crippen LogP contribution in [-0.2, 0) is 21.4 Å². The highest BCUT2D eigenvalue weighted by atomic mass is 16.5. The zero-order valence-corrected chi connectivity index (χ0v) is 14.0. The summed E-state index contributed by atoms with van der Waals surface area (Å²) in [5.41, 5.74) is 0.362. The summed E-state index contributed by atoms with van der Waals surface area (Å²) < 4.78 is 6.54. The van der Waals surface area contributed by atoms with Gasteiger partial charge in [0.15, 0.2) is 0 Å². The monoisotopic (exact) mass is 333 g/mol. The number of ketones is 1. The molecule has 2 aliphatic rings. The number of nitrogens with one attached hydrogen (secondary N) is 1. The van der Waals surface area contributed by atoms with E-state index in [1.807, 2.05) is 0 Å². The molecule has 1 N–H and O–H groups in total. The van der Waals surface area contributed by atoms with Crippen molar-refractivity contribution in [1.82, 2.24) is 14.8 Å². The molecule has 1 aliphatic heterocycles. The fourth-order valence-electron chi connectivity index (χ4n) is 3.45. The molecule has 2 amide bonds. The van der Waals surface area contributed by atoms with Crippen LogP contribution in [0.25, 0.3) is 0 Å². The van der Waals surface area contributed by atoms with E-state index in [9.17, 15) is 14.4 Å². The Bertz CT molecular complexity index is 650. The summed E-state index contributed by atoms with van der Waals surface area (Å²) in [4.78, 5) is 38.4. The Labute approximate surface area is 140 Å². The summed E-state index contributed by atoms with van der Waals surface area (Å²) in [6, 6.07) is 3.19. The van der Waals surface area contributed by atoms with Gasteiger partial charge in [-0.1, -0.05) is 0 Å². The first-order valence-electron chi connectivity index (χ1n) is 8.24. The molecular weight excluding hydrogens is 310 g/mol. The third-order valence-electron chi connectivity index (χ3n) is 4.91. The molecule has 1 aromatic rings. The summed E-state index contributed by atoms with van der Waals surface area (Å²) in [5.74, 6) is -0.474. The minimum Gasteiger partial charge on any atom is -0.375 e. The second-order valence-electron chi connectivity index (χ2n) is 6.65. The zero-order chi connectivity index (χ0) is 17.3. The number of carbonyl (C=O) groups is 3. The van der Waals surface area contributed by atoms with E-state index in [1.165, 1.54) is 7.11 Å². The smallest absolute Gasteiger partial charge is 0.294 e. The molecule has 0 aromatic carbocycles. The zero-order valence-electron chi connectivity index (χ0n) is 14.0. The second-order valence-corrected chi connectivity index (χ2v) is 6.65. The Morgan fingerprint density at radius 1 is 1.29 bits per heavy atom. The van der Waals surface area contributed by atoms with Crippen molar-refractivity contribution in [2.45, 2.75) is 18.9 Å². The molecular formula is C17H23N3O4. The molecule has 0 bridgehead atoms. The lowest BCUT2D eigenvalue weighted by atomic mass is 9.98. The Kier molecular flexibility index (Phi) is 4.71. The van der Waals surface area contributed by atoms with Crippen molar-refractivity contribution < 1.29 is 19.1 Å². The topological polar surface area (TPSA) is 80.6 Å². The number of carbonyl (C=O) groups excluding carboxylic acids is 3. The number of rotatable bonds is 6. The molecule has 1 saturated carbocycles. The van der Waals surface area contributed by atoms with E-state index in [0.717, 1.165) is 12.8 Å². The molecule has 0 unspecified atom stereocenters. The molecule has 0 radical (unpaired) electrons. The van der Waals surface area contributed by atoms with Crippen LogP contribution in [0.5, 0.6) is 0 Å². The van der Waals surface area contributed by atoms with E-state index in [4.69, 9.17) is 4.74 Å². The predicted octanol–water partition coefficient (Wildman–Crippen LogP) is 0.207. The Balaban J connectivity index is 1.66. The van der Waals surface area contributed by atoms with Crippen LogP contribution < -0.4 is 5.32 Å². The summed E-state index contributed by atoms with van der Waals surface area (Å²) >= 11 is 0. The maximum absolute atomic E-state index is 12.3. The van der Waals surface area contributed by atoms with Gasteiger partial charge in [0.05, 0.1) is 11.7 Å². The number of hydrogen-bond acceptors (Lipinski definition) is 4. The lowest BCUT2D eigenvalue weighted by Gasteiger charge is -2.18. The van der Waals surface area contributed by atoms with Crippen LogP contribution >= 0.6 is 0 Å². The summed E-state index contributed by atoms with van der Waals surface area (Å²) in [7, 11) is 3.22. The van der Waals surface area contributed by atoms with Crippen LogP contribution in [0.1, 0.15) is 23.3 Å². The van der Waals surface area contributed by atoms with Crippen molar-refractivity contribution in [3.8, 4) is 0 Å². The molecule has 7 nitrogen and oxygen atoms in total. The van der Waals surface area contributed by atoms with Crippen LogP contribution in [0.4, 0.5) is 0 Å². The third-order valence-corrected chi connectivity index (χ3v) is 4.91.